The molecule has 1 aliphatic carbocycles. The zero-order valence-corrected chi connectivity index (χ0v) is 17.5. The zero-order chi connectivity index (χ0) is 17.3. The second-order valence-electron chi connectivity index (χ2n) is 5.96. The van der Waals surface area contributed by atoms with Gasteiger partial charge in [-0.3, -0.25) is 10.1 Å². The number of aromatic nitrogens is 2. The Labute approximate surface area is 168 Å². The molecule has 0 aliphatic heterocycles. The molecule has 3 N–H and O–H groups in total. The average Bonchev–Trinajstić information content (AvgIpc) is 3.15. The summed E-state index contributed by atoms with van der Waals surface area (Å²) in [5.74, 6) is 0.693. The van der Waals surface area contributed by atoms with Crippen LogP contribution in [-0.2, 0) is 0 Å². The molecule has 1 aromatic carbocycles. The van der Waals surface area contributed by atoms with Crippen molar-refractivity contribution in [3.63, 3.8) is 0 Å². The van der Waals surface area contributed by atoms with Crippen LogP contribution in [0.15, 0.2) is 15.0 Å². The number of imidazole rings is 1. The molecular formula is C15H20Br2ClN5O2. The minimum Gasteiger partial charge on any atom is -0.356 e. The van der Waals surface area contributed by atoms with Crippen molar-refractivity contribution in [3.8, 4) is 0 Å². The van der Waals surface area contributed by atoms with Crippen LogP contribution in [0.1, 0.15) is 38.1 Å². The lowest BCUT2D eigenvalue weighted by Gasteiger charge is -2.17. The highest BCUT2D eigenvalue weighted by molar-refractivity contribution is 9.13. The summed E-state index contributed by atoms with van der Waals surface area (Å²) >= 11 is 6.73. The number of nitrogens with zero attached hydrogens (tertiary/aromatic N) is 3. The maximum absolute atomic E-state index is 11.6. The molecule has 0 unspecified atom stereocenters. The lowest BCUT2D eigenvalue weighted by atomic mass is 10.2. The molecule has 0 spiro atoms. The molecule has 1 fully saturated rings. The molecule has 0 atom stereocenters. The van der Waals surface area contributed by atoms with E-state index >= 15 is 0 Å². The van der Waals surface area contributed by atoms with E-state index < -0.39 is 0 Å². The predicted molar refractivity (Wildman–Crippen MR) is 109 cm³/mol. The SMILES string of the molecule is Cl.NCCCNc1nc2c([N+](=O)[O-])c(Br)c(Br)cc2n1C1CCCC1. The van der Waals surface area contributed by atoms with Gasteiger partial charge in [0, 0.05) is 17.1 Å². The summed E-state index contributed by atoms with van der Waals surface area (Å²) < 4.78 is 3.21. The van der Waals surface area contributed by atoms with Gasteiger partial charge in [0.25, 0.3) is 0 Å². The van der Waals surface area contributed by atoms with Crippen LogP contribution < -0.4 is 11.1 Å². The number of nitrogens with two attached hydrogens (primary N) is 1. The van der Waals surface area contributed by atoms with Crippen molar-refractivity contribution in [2.24, 2.45) is 5.73 Å². The standard InChI is InChI=1S/C15H19Br2N5O2.ClH/c16-10-8-11-13(14(12(10)17)22(23)24)20-15(19-7-3-6-18)21(11)9-4-1-2-5-9;/h8-9H,1-7,18H2,(H,19,20);1H. The molecule has 1 aliphatic rings. The molecule has 7 nitrogen and oxygen atoms in total. The molecular weight excluding hydrogens is 477 g/mol. The summed E-state index contributed by atoms with van der Waals surface area (Å²) in [6, 6.07) is 2.23. The van der Waals surface area contributed by atoms with Crippen LogP contribution in [0, 0.1) is 10.1 Å². The molecule has 1 saturated carbocycles. The van der Waals surface area contributed by atoms with E-state index in [9.17, 15) is 10.1 Å². The van der Waals surface area contributed by atoms with Crippen LogP contribution in [0.4, 0.5) is 11.6 Å². The largest absolute Gasteiger partial charge is 0.356 e. The molecule has 1 aromatic heterocycles. The summed E-state index contributed by atoms with van der Waals surface area (Å²) in [4.78, 5) is 15.7. The van der Waals surface area contributed by atoms with Gasteiger partial charge in [-0.05, 0) is 63.7 Å². The van der Waals surface area contributed by atoms with E-state index in [0.29, 0.717) is 39.5 Å². The first-order valence-electron chi connectivity index (χ1n) is 8.02. The molecule has 0 saturated heterocycles. The first-order chi connectivity index (χ1) is 11.5. The fourth-order valence-corrected chi connectivity index (χ4v) is 4.14. The van der Waals surface area contributed by atoms with Crippen LogP contribution in [0.2, 0.25) is 0 Å². The van der Waals surface area contributed by atoms with Crippen LogP contribution in [-0.4, -0.2) is 27.6 Å². The van der Waals surface area contributed by atoms with Crippen molar-refractivity contribution < 1.29 is 4.92 Å². The minimum absolute atomic E-state index is 0. The number of hydrogen-bond donors (Lipinski definition) is 2. The highest BCUT2D eigenvalue weighted by atomic mass is 79.9. The number of anilines is 1. The smallest absolute Gasteiger partial charge is 0.312 e. The van der Waals surface area contributed by atoms with Crippen molar-refractivity contribution >= 4 is 66.9 Å². The lowest BCUT2D eigenvalue weighted by molar-refractivity contribution is -0.384. The highest BCUT2D eigenvalue weighted by Gasteiger charge is 2.29. The van der Waals surface area contributed by atoms with E-state index in [1.165, 1.54) is 12.8 Å². The summed E-state index contributed by atoms with van der Waals surface area (Å²) in [6.07, 6.45) is 5.30. The number of rotatable bonds is 6. The molecule has 2 aromatic rings. The monoisotopic (exact) mass is 495 g/mol. The van der Waals surface area contributed by atoms with Gasteiger partial charge < -0.3 is 15.6 Å². The van der Waals surface area contributed by atoms with Crippen LogP contribution in [0.5, 0.6) is 0 Å². The number of nitrogens with one attached hydrogen (secondary N) is 1. The third kappa shape index (κ3) is 3.94. The number of halogens is 3. The second-order valence-corrected chi connectivity index (χ2v) is 7.61. The van der Waals surface area contributed by atoms with Crippen molar-refractivity contribution in [1.82, 2.24) is 9.55 Å². The number of nitro groups is 1. The van der Waals surface area contributed by atoms with E-state index in [2.05, 4.69) is 46.7 Å². The highest BCUT2D eigenvalue weighted by Crippen LogP contribution is 2.43. The summed E-state index contributed by atoms with van der Waals surface area (Å²) in [5, 5.41) is 14.9. The Hall–Kier alpha value is -0.900. The van der Waals surface area contributed by atoms with E-state index in [-0.39, 0.29) is 23.0 Å². The zero-order valence-electron chi connectivity index (χ0n) is 13.5. The van der Waals surface area contributed by atoms with Gasteiger partial charge in [-0.1, -0.05) is 12.8 Å². The Morgan fingerprint density at radius 3 is 2.68 bits per heavy atom. The molecule has 0 amide bonds. The molecule has 0 bridgehead atoms. The topological polar surface area (TPSA) is 99.0 Å². The predicted octanol–water partition coefficient (Wildman–Crippen LogP) is 4.77. The van der Waals surface area contributed by atoms with Crippen molar-refractivity contribution in [3.05, 3.63) is 25.1 Å². The molecule has 138 valence electrons. The van der Waals surface area contributed by atoms with E-state index in [0.717, 1.165) is 24.8 Å². The van der Waals surface area contributed by atoms with E-state index in [4.69, 9.17) is 5.73 Å². The first-order valence-corrected chi connectivity index (χ1v) is 9.61. The molecule has 0 radical (unpaired) electrons. The van der Waals surface area contributed by atoms with Gasteiger partial charge >= 0.3 is 5.69 Å². The Balaban J connectivity index is 0.00000225. The third-order valence-corrected chi connectivity index (χ3v) is 6.35. The minimum atomic E-state index is -0.382. The van der Waals surface area contributed by atoms with E-state index in [1.807, 2.05) is 6.07 Å². The number of fused-ring (bicyclic) bond motifs is 1. The normalized spacial score (nSPS) is 14.7. The first kappa shape index (κ1) is 20.4. The number of nitro benzene ring substituents is 1. The molecule has 3 rings (SSSR count). The maximum atomic E-state index is 11.6. The van der Waals surface area contributed by atoms with Crippen molar-refractivity contribution in [2.45, 2.75) is 38.1 Å². The fraction of sp³-hybridized carbons (Fsp3) is 0.533. The second kappa shape index (κ2) is 8.66. The van der Waals surface area contributed by atoms with Gasteiger partial charge in [0.15, 0.2) is 5.52 Å². The van der Waals surface area contributed by atoms with Gasteiger partial charge in [-0.2, -0.15) is 0 Å². The van der Waals surface area contributed by atoms with Crippen molar-refractivity contribution in [1.29, 1.82) is 0 Å². The maximum Gasteiger partial charge on any atom is 0.312 e. The van der Waals surface area contributed by atoms with Gasteiger partial charge in [0.05, 0.1) is 10.4 Å². The fourth-order valence-electron chi connectivity index (χ4n) is 3.28. The van der Waals surface area contributed by atoms with Gasteiger partial charge in [0.2, 0.25) is 5.95 Å². The Kier molecular flexibility index (Phi) is 7.07. The summed E-state index contributed by atoms with van der Waals surface area (Å²) in [5.41, 5.74) is 6.77. The average molecular weight is 498 g/mol. The number of hydrogen-bond acceptors (Lipinski definition) is 5. The summed E-state index contributed by atoms with van der Waals surface area (Å²) in [7, 11) is 0. The lowest BCUT2D eigenvalue weighted by Crippen LogP contribution is -2.14. The van der Waals surface area contributed by atoms with E-state index in [1.54, 1.807) is 0 Å². The third-order valence-electron chi connectivity index (χ3n) is 4.39. The van der Waals surface area contributed by atoms with Gasteiger partial charge in [0.1, 0.15) is 4.47 Å². The number of benzene rings is 1. The van der Waals surface area contributed by atoms with Gasteiger partial charge in [-0.15, -0.1) is 12.4 Å². The van der Waals surface area contributed by atoms with Crippen molar-refractivity contribution in [2.75, 3.05) is 18.4 Å². The van der Waals surface area contributed by atoms with Gasteiger partial charge in [-0.25, -0.2) is 4.98 Å². The molecule has 10 heteroatoms. The van der Waals surface area contributed by atoms with Crippen LogP contribution in [0.3, 0.4) is 0 Å². The van der Waals surface area contributed by atoms with Crippen LogP contribution >= 0.6 is 44.3 Å². The quantitative estimate of drug-likeness (QED) is 0.340. The Morgan fingerprint density at radius 2 is 2.08 bits per heavy atom. The van der Waals surface area contributed by atoms with Crippen LogP contribution in [0.25, 0.3) is 11.0 Å². The Morgan fingerprint density at radius 1 is 1.40 bits per heavy atom. The summed E-state index contributed by atoms with van der Waals surface area (Å²) in [6.45, 7) is 1.29. The molecule has 1 heterocycles. The molecule has 25 heavy (non-hydrogen) atoms. The Bertz CT molecular complexity index is 777.